The number of aliphatic hydroxyl groups excluding tert-OH is 1. The van der Waals surface area contributed by atoms with E-state index in [1.54, 1.807) is 6.92 Å². The lowest BCUT2D eigenvalue weighted by Crippen LogP contribution is -2.24. The maximum Gasteiger partial charge on any atom is 0.126 e. The van der Waals surface area contributed by atoms with Crippen LogP contribution >= 0.6 is 0 Å². The molecule has 1 heterocycles. The molecule has 2 rings (SSSR count). The molecule has 0 aliphatic carbocycles. The molecule has 1 aromatic carbocycles. The number of aliphatic hydroxyl groups is 1. The van der Waals surface area contributed by atoms with Crippen molar-refractivity contribution in [3.05, 3.63) is 29.6 Å². The molecule has 2 unspecified atom stereocenters. The molecule has 0 radical (unpaired) electrons. The highest BCUT2D eigenvalue weighted by molar-refractivity contribution is 5.76. The molecule has 100 valence electrons. The summed E-state index contributed by atoms with van der Waals surface area (Å²) in [7, 11) is 0. The van der Waals surface area contributed by atoms with E-state index in [-0.39, 0.29) is 0 Å². The fraction of sp³-hybridized carbons (Fsp3) is 0.429. The molecule has 0 aliphatic heterocycles. The van der Waals surface area contributed by atoms with Gasteiger partial charge in [-0.15, -0.1) is 0 Å². The summed E-state index contributed by atoms with van der Waals surface area (Å²) in [6.07, 6.45) is -0.671. The van der Waals surface area contributed by atoms with Gasteiger partial charge in [-0.05, 0) is 38.5 Å². The van der Waals surface area contributed by atoms with Crippen molar-refractivity contribution in [3.8, 4) is 6.07 Å². The van der Waals surface area contributed by atoms with E-state index in [4.69, 9.17) is 11.0 Å². The molecule has 0 amide bonds. The van der Waals surface area contributed by atoms with E-state index in [1.807, 2.05) is 32.0 Å². The Morgan fingerprint density at radius 1 is 1.47 bits per heavy atom. The zero-order valence-electron chi connectivity index (χ0n) is 11.3. The third-order valence-electron chi connectivity index (χ3n) is 3.34. The van der Waals surface area contributed by atoms with Gasteiger partial charge < -0.3 is 15.8 Å². The van der Waals surface area contributed by atoms with Gasteiger partial charge in [-0.2, -0.15) is 5.26 Å². The van der Waals surface area contributed by atoms with Gasteiger partial charge in [0.05, 0.1) is 34.7 Å². The molecular weight excluding hydrogens is 240 g/mol. The summed E-state index contributed by atoms with van der Waals surface area (Å²) in [4.78, 5) is 7.47. The highest BCUT2D eigenvalue weighted by atomic mass is 16.3. The molecular formula is C14H18N4O. The van der Waals surface area contributed by atoms with Gasteiger partial charge in [-0.3, -0.25) is 0 Å². The Balaban J connectivity index is 2.48. The highest BCUT2D eigenvalue weighted by Gasteiger charge is 2.21. The summed E-state index contributed by atoms with van der Waals surface area (Å²) >= 11 is 0. The first kappa shape index (κ1) is 13.5. The number of nitriles is 1. The lowest BCUT2D eigenvalue weighted by molar-refractivity contribution is 0.161. The van der Waals surface area contributed by atoms with Gasteiger partial charge in [0.2, 0.25) is 0 Å². The second-order valence-corrected chi connectivity index (χ2v) is 5.36. The Morgan fingerprint density at radius 2 is 2.16 bits per heavy atom. The molecule has 2 aromatic rings. The van der Waals surface area contributed by atoms with Crippen LogP contribution in [0.4, 0.5) is 0 Å². The van der Waals surface area contributed by atoms with E-state index in [2.05, 4.69) is 16.0 Å². The van der Waals surface area contributed by atoms with E-state index in [1.165, 1.54) is 0 Å². The van der Waals surface area contributed by atoms with Gasteiger partial charge in [-0.25, -0.2) is 4.98 Å². The van der Waals surface area contributed by atoms with Crippen LogP contribution in [0, 0.1) is 11.3 Å². The van der Waals surface area contributed by atoms with Crippen LogP contribution in [0.1, 0.15) is 38.2 Å². The predicted octanol–water partition coefficient (Wildman–Crippen LogP) is 1.74. The van der Waals surface area contributed by atoms with E-state index in [9.17, 15) is 5.11 Å². The first-order valence-corrected chi connectivity index (χ1v) is 6.20. The Bertz CT molecular complexity index is 636. The zero-order chi connectivity index (χ0) is 14.2. The molecule has 0 fully saturated rings. The monoisotopic (exact) mass is 258 g/mol. The fourth-order valence-electron chi connectivity index (χ4n) is 1.87. The van der Waals surface area contributed by atoms with Gasteiger partial charge in [0.15, 0.2) is 0 Å². The van der Waals surface area contributed by atoms with Crippen molar-refractivity contribution >= 4 is 11.0 Å². The van der Waals surface area contributed by atoms with E-state index >= 15 is 0 Å². The van der Waals surface area contributed by atoms with Crippen molar-refractivity contribution in [2.24, 2.45) is 5.73 Å². The molecule has 1 aromatic heterocycles. The van der Waals surface area contributed by atoms with Crippen LogP contribution in [-0.4, -0.2) is 21.2 Å². The van der Waals surface area contributed by atoms with Gasteiger partial charge in [0.1, 0.15) is 5.82 Å². The number of aromatic nitrogens is 2. The minimum absolute atomic E-state index is 0.542. The number of aromatic amines is 1. The van der Waals surface area contributed by atoms with Crippen LogP contribution in [0.5, 0.6) is 0 Å². The van der Waals surface area contributed by atoms with Gasteiger partial charge in [-0.1, -0.05) is 6.07 Å². The number of fused-ring (bicyclic) bond motifs is 1. The van der Waals surface area contributed by atoms with E-state index in [0.717, 1.165) is 16.6 Å². The van der Waals surface area contributed by atoms with Crippen LogP contribution in [0.3, 0.4) is 0 Å². The van der Waals surface area contributed by atoms with E-state index < -0.39 is 17.6 Å². The summed E-state index contributed by atoms with van der Waals surface area (Å²) in [6, 6.07) is 7.39. The van der Waals surface area contributed by atoms with Crippen molar-refractivity contribution in [2.45, 2.75) is 38.3 Å². The Morgan fingerprint density at radius 3 is 2.74 bits per heavy atom. The van der Waals surface area contributed by atoms with Crippen molar-refractivity contribution in [1.29, 1.82) is 5.26 Å². The summed E-state index contributed by atoms with van der Waals surface area (Å²) < 4.78 is 0. The number of nitrogens with one attached hydrogen (secondary N) is 1. The summed E-state index contributed by atoms with van der Waals surface area (Å²) in [5.41, 5.74) is 7.83. The predicted molar refractivity (Wildman–Crippen MR) is 73.3 cm³/mol. The summed E-state index contributed by atoms with van der Waals surface area (Å²) in [5.74, 6) is 0.553. The topological polar surface area (TPSA) is 98.7 Å². The van der Waals surface area contributed by atoms with Gasteiger partial charge in [0.25, 0.3) is 0 Å². The molecule has 0 spiro atoms. The summed E-state index contributed by atoms with van der Waals surface area (Å²) in [6.45, 7) is 5.36. The zero-order valence-corrected chi connectivity index (χ0v) is 11.3. The second-order valence-electron chi connectivity index (χ2n) is 5.36. The average molecular weight is 258 g/mol. The maximum absolute atomic E-state index is 9.49. The van der Waals surface area contributed by atoms with Crippen molar-refractivity contribution in [1.82, 2.24) is 9.97 Å². The largest absolute Gasteiger partial charge is 0.391 e. The lowest BCUT2D eigenvalue weighted by Gasteiger charge is -2.15. The minimum Gasteiger partial charge on any atom is -0.391 e. The Hall–Kier alpha value is -1.90. The number of benzene rings is 1. The van der Waals surface area contributed by atoms with E-state index in [0.29, 0.717) is 5.82 Å². The number of nitrogens with zero attached hydrogens (tertiary/aromatic N) is 2. The Kier molecular flexibility index (Phi) is 3.31. The lowest BCUT2D eigenvalue weighted by atomic mass is 9.86. The number of imidazole rings is 1. The first-order valence-electron chi connectivity index (χ1n) is 6.20. The molecule has 0 saturated carbocycles. The quantitative estimate of drug-likeness (QED) is 0.781. The van der Waals surface area contributed by atoms with Crippen LogP contribution in [0.25, 0.3) is 11.0 Å². The van der Waals surface area contributed by atoms with Crippen molar-refractivity contribution in [3.63, 3.8) is 0 Å². The highest BCUT2D eigenvalue weighted by Crippen LogP contribution is 2.26. The number of H-pyrrole nitrogens is 1. The van der Waals surface area contributed by atoms with Crippen LogP contribution in [0.15, 0.2) is 18.2 Å². The maximum atomic E-state index is 9.49. The second kappa shape index (κ2) is 4.65. The molecule has 5 nitrogen and oxygen atoms in total. The van der Waals surface area contributed by atoms with Crippen LogP contribution < -0.4 is 5.73 Å². The minimum atomic E-state index is -0.671. The average Bonchev–Trinajstić information content (AvgIpc) is 2.80. The van der Waals surface area contributed by atoms with Gasteiger partial charge in [0, 0.05) is 0 Å². The molecule has 0 saturated heterocycles. The van der Waals surface area contributed by atoms with Crippen molar-refractivity contribution in [2.75, 3.05) is 0 Å². The van der Waals surface area contributed by atoms with Gasteiger partial charge >= 0.3 is 0 Å². The Labute approximate surface area is 112 Å². The molecule has 0 bridgehead atoms. The first-order chi connectivity index (χ1) is 8.85. The fourth-order valence-corrected chi connectivity index (χ4v) is 1.87. The standard InChI is InChI=1S/C14H18N4O/c1-8(19)12(16)13-17-10-5-4-9(6-11(10)18-13)14(2,3)7-15/h4-6,8,12,19H,16H2,1-3H3,(H,17,18). The van der Waals surface area contributed by atoms with Crippen molar-refractivity contribution < 1.29 is 5.11 Å². The molecule has 19 heavy (non-hydrogen) atoms. The van der Waals surface area contributed by atoms with Crippen LogP contribution in [0.2, 0.25) is 0 Å². The normalized spacial score (nSPS) is 15.2. The molecule has 2 atom stereocenters. The summed E-state index contributed by atoms with van der Waals surface area (Å²) in [5, 5.41) is 18.7. The third kappa shape index (κ3) is 2.46. The smallest absolute Gasteiger partial charge is 0.126 e. The SMILES string of the molecule is CC(O)C(N)c1nc2ccc(C(C)(C)C#N)cc2[nH]1. The number of nitrogens with two attached hydrogens (primary N) is 1. The molecule has 4 N–H and O–H groups in total. The number of hydrogen-bond donors (Lipinski definition) is 3. The number of rotatable bonds is 3. The third-order valence-corrected chi connectivity index (χ3v) is 3.34. The molecule has 0 aliphatic rings. The molecule has 5 heteroatoms. The van der Waals surface area contributed by atoms with Crippen LogP contribution in [-0.2, 0) is 5.41 Å². The number of hydrogen-bond acceptors (Lipinski definition) is 4.